The van der Waals surface area contributed by atoms with Gasteiger partial charge in [-0.05, 0) is 12.1 Å². The van der Waals surface area contributed by atoms with Gasteiger partial charge >= 0.3 is 6.61 Å². The van der Waals surface area contributed by atoms with Gasteiger partial charge in [0, 0.05) is 32.4 Å². The van der Waals surface area contributed by atoms with E-state index in [-0.39, 0.29) is 17.2 Å². The topological polar surface area (TPSA) is 54.0 Å². The molecule has 0 saturated heterocycles. The largest absolute Gasteiger partial charge is 0.495 e. The lowest BCUT2D eigenvalue weighted by molar-refractivity contribution is -0.111. The normalized spacial score (nSPS) is 14.1. The summed E-state index contributed by atoms with van der Waals surface area (Å²) >= 11 is 0. The molecule has 134 valence electrons. The van der Waals surface area contributed by atoms with Crippen molar-refractivity contribution in [3.05, 3.63) is 60.3 Å². The zero-order valence-electron chi connectivity index (χ0n) is 14.1. The van der Waals surface area contributed by atoms with Gasteiger partial charge in [-0.3, -0.25) is 15.2 Å². The quantitative estimate of drug-likeness (QED) is 0.762. The molecule has 8 heteroatoms. The van der Waals surface area contributed by atoms with E-state index in [0.29, 0.717) is 11.4 Å². The van der Waals surface area contributed by atoms with Crippen LogP contribution >= 0.6 is 0 Å². The van der Waals surface area contributed by atoms with Gasteiger partial charge in [0.15, 0.2) is 5.75 Å². The van der Waals surface area contributed by atoms with Crippen LogP contribution in [0.3, 0.4) is 0 Å². The van der Waals surface area contributed by atoms with Crippen molar-refractivity contribution in [3.8, 4) is 5.75 Å². The van der Waals surface area contributed by atoms with Crippen LogP contribution in [0.2, 0.25) is 0 Å². The fraction of sp³-hybridized carbons (Fsp3) is 0.235. The molecule has 1 N–H and O–H groups in total. The molecule has 0 fully saturated rings. The second-order valence-electron chi connectivity index (χ2n) is 5.27. The number of benzene rings is 1. The number of hydrogen-bond donors (Lipinski definition) is 1. The van der Waals surface area contributed by atoms with Crippen LogP contribution in [0, 0.1) is 0 Å². The van der Waals surface area contributed by atoms with E-state index in [1.807, 2.05) is 0 Å². The Morgan fingerprint density at radius 1 is 1.32 bits per heavy atom. The van der Waals surface area contributed by atoms with Gasteiger partial charge in [0.1, 0.15) is 17.1 Å². The molecule has 0 saturated carbocycles. The summed E-state index contributed by atoms with van der Waals surface area (Å²) in [5.74, 6) is 0.0510. The lowest BCUT2D eigenvalue weighted by Gasteiger charge is -2.28. The van der Waals surface area contributed by atoms with Gasteiger partial charge in [0.2, 0.25) is 5.78 Å². The van der Waals surface area contributed by atoms with E-state index in [9.17, 15) is 13.6 Å². The lowest BCUT2D eigenvalue weighted by Crippen LogP contribution is -2.38. The molecule has 1 aliphatic rings. The molecule has 6 nitrogen and oxygen atoms in total. The molecular formula is C17H19F2N3O3. The average Bonchev–Trinajstić information content (AvgIpc) is 2.59. The summed E-state index contributed by atoms with van der Waals surface area (Å²) in [5, 5.41) is 1.40. The number of nitrogens with one attached hydrogen (secondary N) is 1. The van der Waals surface area contributed by atoms with Gasteiger partial charge in [-0.1, -0.05) is 12.1 Å². The Morgan fingerprint density at radius 3 is 2.68 bits per heavy atom. The number of allylic oxidation sites excluding steroid dienone is 2. The molecule has 1 aromatic carbocycles. The molecule has 0 bridgehead atoms. The third-order valence-electron chi connectivity index (χ3n) is 3.15. The molecule has 1 heterocycles. The molecule has 0 amide bonds. The molecule has 0 atom stereocenters. The van der Waals surface area contributed by atoms with Crippen LogP contribution in [-0.2, 0) is 9.53 Å². The molecule has 0 unspecified atom stereocenters. The summed E-state index contributed by atoms with van der Waals surface area (Å²) < 4.78 is 35.0. The molecule has 1 aromatic rings. The van der Waals surface area contributed by atoms with Gasteiger partial charge in [0.25, 0.3) is 0 Å². The standard InChI is InChI=1S/C17H19F2N3O3/c1-21(2)9-8-15(23)13-10-12(24-3)11-22(20-13)14-6-4-5-7-16(14)25-17(18)19/h4-11,17,20H,1-3H3. The molecule has 0 radical (unpaired) electrons. The SMILES string of the molecule is COC1=CN(c2ccccc2OC(F)F)NC(C(=O)C=CN(C)C)=C1. The molecule has 2 rings (SSSR count). The van der Waals surface area contributed by atoms with Gasteiger partial charge in [-0.2, -0.15) is 8.78 Å². The van der Waals surface area contributed by atoms with Crippen LogP contribution in [0.1, 0.15) is 0 Å². The first kappa shape index (κ1) is 18.3. The van der Waals surface area contributed by atoms with Crippen molar-refractivity contribution in [2.75, 3.05) is 26.2 Å². The van der Waals surface area contributed by atoms with E-state index in [1.165, 1.54) is 36.5 Å². The van der Waals surface area contributed by atoms with Crippen LogP contribution in [0.15, 0.2) is 60.3 Å². The van der Waals surface area contributed by atoms with Gasteiger partial charge in [-0.25, -0.2) is 0 Å². The number of alkyl halides is 2. The van der Waals surface area contributed by atoms with E-state index in [2.05, 4.69) is 10.2 Å². The number of ketones is 1. The van der Waals surface area contributed by atoms with Crippen molar-refractivity contribution >= 4 is 11.5 Å². The average molecular weight is 351 g/mol. The second-order valence-corrected chi connectivity index (χ2v) is 5.27. The molecule has 0 spiro atoms. The van der Waals surface area contributed by atoms with Crippen molar-refractivity contribution in [1.29, 1.82) is 0 Å². The Kier molecular flexibility index (Phi) is 5.99. The minimum atomic E-state index is -2.96. The van der Waals surface area contributed by atoms with Crippen molar-refractivity contribution in [2.45, 2.75) is 6.61 Å². The predicted octanol–water partition coefficient (Wildman–Crippen LogP) is 2.63. The zero-order valence-corrected chi connectivity index (χ0v) is 14.1. The fourth-order valence-corrected chi connectivity index (χ4v) is 2.03. The highest BCUT2D eigenvalue weighted by Gasteiger charge is 2.21. The van der Waals surface area contributed by atoms with Crippen LogP contribution in [0.25, 0.3) is 0 Å². The van der Waals surface area contributed by atoms with E-state index in [0.717, 1.165) is 0 Å². The maximum atomic E-state index is 12.6. The Morgan fingerprint density at radius 2 is 2.04 bits per heavy atom. The zero-order chi connectivity index (χ0) is 18.4. The Balaban J connectivity index is 2.31. The molecule has 25 heavy (non-hydrogen) atoms. The highest BCUT2D eigenvalue weighted by atomic mass is 19.3. The van der Waals surface area contributed by atoms with Crippen LogP contribution < -0.4 is 15.2 Å². The number of hydrogen-bond acceptors (Lipinski definition) is 6. The number of anilines is 1. The van der Waals surface area contributed by atoms with Crippen LogP contribution in [-0.4, -0.2) is 38.5 Å². The minimum absolute atomic E-state index is 0.0331. The summed E-state index contributed by atoms with van der Waals surface area (Å²) in [6.45, 7) is -2.96. The second kappa shape index (κ2) is 8.18. The predicted molar refractivity (Wildman–Crippen MR) is 89.7 cm³/mol. The van der Waals surface area contributed by atoms with Gasteiger partial charge in [-0.15, -0.1) is 0 Å². The molecule has 0 aliphatic carbocycles. The Hall–Kier alpha value is -3.03. The third kappa shape index (κ3) is 4.97. The van der Waals surface area contributed by atoms with Gasteiger partial charge < -0.3 is 14.4 Å². The molecule has 0 aromatic heterocycles. The first-order chi connectivity index (χ1) is 11.9. The first-order valence-electron chi connectivity index (χ1n) is 7.37. The number of hydrazine groups is 1. The van der Waals surface area contributed by atoms with E-state index in [1.54, 1.807) is 43.4 Å². The molecule has 1 aliphatic heterocycles. The minimum Gasteiger partial charge on any atom is -0.495 e. The Bertz CT molecular complexity index is 715. The number of halogens is 2. The maximum absolute atomic E-state index is 12.6. The van der Waals surface area contributed by atoms with Crippen molar-refractivity contribution in [1.82, 2.24) is 10.3 Å². The van der Waals surface area contributed by atoms with Crippen molar-refractivity contribution < 1.29 is 23.0 Å². The number of ether oxygens (including phenoxy) is 2. The van der Waals surface area contributed by atoms with E-state index < -0.39 is 6.61 Å². The summed E-state index contributed by atoms with van der Waals surface area (Å²) in [4.78, 5) is 14.0. The number of para-hydroxylation sites is 2. The smallest absolute Gasteiger partial charge is 0.387 e. The summed E-state index contributed by atoms with van der Waals surface area (Å²) in [7, 11) is 5.03. The number of carbonyl (C=O) groups is 1. The first-order valence-corrected chi connectivity index (χ1v) is 7.37. The monoisotopic (exact) mass is 351 g/mol. The number of rotatable bonds is 7. The number of carbonyl (C=O) groups excluding carboxylic acids is 1. The third-order valence-corrected chi connectivity index (χ3v) is 3.15. The van der Waals surface area contributed by atoms with Crippen LogP contribution in [0.5, 0.6) is 5.75 Å². The Labute approximate surface area is 144 Å². The van der Waals surface area contributed by atoms with Crippen molar-refractivity contribution in [2.24, 2.45) is 0 Å². The highest BCUT2D eigenvalue weighted by molar-refractivity contribution is 6.04. The van der Waals surface area contributed by atoms with Crippen molar-refractivity contribution in [3.63, 3.8) is 0 Å². The van der Waals surface area contributed by atoms with Crippen LogP contribution in [0.4, 0.5) is 14.5 Å². The summed E-state index contributed by atoms with van der Waals surface area (Å²) in [6.07, 6.45) is 6.04. The summed E-state index contributed by atoms with van der Waals surface area (Å²) in [6, 6.07) is 6.24. The number of methoxy groups -OCH3 is 1. The maximum Gasteiger partial charge on any atom is 0.387 e. The fourth-order valence-electron chi connectivity index (χ4n) is 2.03. The highest BCUT2D eigenvalue weighted by Crippen LogP contribution is 2.30. The van der Waals surface area contributed by atoms with Gasteiger partial charge in [0.05, 0.1) is 13.3 Å². The van der Waals surface area contributed by atoms with E-state index in [4.69, 9.17) is 4.74 Å². The molecular weight excluding hydrogens is 332 g/mol. The lowest BCUT2D eigenvalue weighted by atomic mass is 10.2. The summed E-state index contributed by atoms with van der Waals surface area (Å²) in [5.41, 5.74) is 3.40. The number of nitrogens with zero attached hydrogens (tertiary/aromatic N) is 2. The van der Waals surface area contributed by atoms with E-state index >= 15 is 0 Å².